The first-order valence-electron chi connectivity index (χ1n) is 16.6. The molecule has 1 spiro atoms. The number of aliphatic hydroxyl groups excluding tert-OH is 6. The van der Waals surface area contributed by atoms with Crippen LogP contribution in [0.15, 0.2) is 0 Å². The molecule has 7 rings (SSSR count). The first-order chi connectivity index (χ1) is 20.2. The predicted octanol–water partition coefficient (Wildman–Crippen LogP) is 0.284. The lowest BCUT2D eigenvalue weighted by atomic mass is 9.41. The number of hydrogen-bond acceptors (Lipinski definition) is 11. The van der Waals surface area contributed by atoms with E-state index in [1.807, 2.05) is 6.92 Å². The van der Waals surface area contributed by atoms with Crippen molar-refractivity contribution in [2.75, 3.05) is 13.2 Å². The standard InChI is InChI=1S/C32H52O11/c1-14-5-10-32(41-12-14)15(2)21-20(43-32)11-18-16-6-9-31(39)26(38)23(35)24(36)27(30(31,4)17(16)7-8-29(18,21)3)42-28-25(37)22(34)19(33)13-40-28/h14-28,33-39H,5-13H2,1-4H3/t14-,15?,16-,17+,18+,19-,20?,21?,22+,23+,24-,25-,26+,27-,28+,29+,30+,31+,32-/m1/s1. The van der Waals surface area contributed by atoms with Crippen molar-refractivity contribution in [2.24, 2.45) is 46.3 Å². The van der Waals surface area contributed by atoms with Crippen molar-refractivity contribution >= 4 is 0 Å². The molecule has 11 heteroatoms. The van der Waals surface area contributed by atoms with Crippen LogP contribution in [0, 0.1) is 46.3 Å². The van der Waals surface area contributed by atoms with Gasteiger partial charge in [-0.15, -0.1) is 0 Å². The van der Waals surface area contributed by atoms with Crippen LogP contribution in [0.2, 0.25) is 0 Å². The lowest BCUT2D eigenvalue weighted by molar-refractivity contribution is -0.368. The Kier molecular flexibility index (Phi) is 7.45. The maximum Gasteiger partial charge on any atom is 0.186 e. The summed E-state index contributed by atoms with van der Waals surface area (Å²) in [5, 5.41) is 76.8. The van der Waals surface area contributed by atoms with Crippen molar-refractivity contribution in [3.63, 3.8) is 0 Å². The van der Waals surface area contributed by atoms with Gasteiger partial charge in [0.1, 0.15) is 42.2 Å². The molecular formula is C32H52O11. The normalized spacial score (nSPS) is 63.3. The fraction of sp³-hybridized carbons (Fsp3) is 1.00. The number of rotatable bonds is 2. The summed E-state index contributed by atoms with van der Waals surface area (Å²) >= 11 is 0. The van der Waals surface area contributed by atoms with Gasteiger partial charge in [0.2, 0.25) is 0 Å². The Hall–Kier alpha value is -0.440. The molecule has 7 N–H and O–H groups in total. The molecule has 43 heavy (non-hydrogen) atoms. The van der Waals surface area contributed by atoms with E-state index in [-0.39, 0.29) is 42.3 Å². The van der Waals surface area contributed by atoms with E-state index in [2.05, 4.69) is 20.8 Å². The van der Waals surface area contributed by atoms with E-state index < -0.39 is 65.8 Å². The van der Waals surface area contributed by atoms with Crippen LogP contribution in [0.5, 0.6) is 0 Å². The molecule has 0 aromatic rings. The summed E-state index contributed by atoms with van der Waals surface area (Å²) in [7, 11) is 0. The van der Waals surface area contributed by atoms with E-state index in [1.165, 1.54) is 0 Å². The van der Waals surface area contributed by atoms with Gasteiger partial charge in [0.25, 0.3) is 0 Å². The monoisotopic (exact) mass is 612 g/mol. The second-order valence-electron chi connectivity index (χ2n) is 15.9. The average Bonchev–Trinajstić information content (AvgIpc) is 3.42. The lowest BCUT2D eigenvalue weighted by Gasteiger charge is -2.67. The van der Waals surface area contributed by atoms with Gasteiger partial charge in [0, 0.05) is 17.8 Å². The van der Waals surface area contributed by atoms with Crippen molar-refractivity contribution in [3.05, 3.63) is 0 Å². The number of ether oxygens (including phenoxy) is 4. The SMILES string of the molecule is CC1C2C(C[C@H]3[C@@H]4CC[C@]5(O)[C@@H](O)[C@@H](O)[C@@H](O)[C@@H](O[C@@H]6OC[C@@H](O)[C@H](O)[C@H]6O)[C@]5(C)[C@H]4CC[C@]23C)O[C@]12CC[C@@H](C)CO2. The van der Waals surface area contributed by atoms with Gasteiger partial charge < -0.3 is 54.7 Å². The molecule has 0 bridgehead atoms. The molecule has 3 aliphatic heterocycles. The Morgan fingerprint density at radius 3 is 2.23 bits per heavy atom. The molecule has 19 atom stereocenters. The fourth-order valence-electron chi connectivity index (χ4n) is 11.6. The summed E-state index contributed by atoms with van der Waals surface area (Å²) < 4.78 is 25.1. The molecule has 7 fully saturated rings. The van der Waals surface area contributed by atoms with Crippen LogP contribution < -0.4 is 0 Å². The van der Waals surface area contributed by atoms with E-state index in [4.69, 9.17) is 18.9 Å². The molecule has 7 aliphatic rings. The molecule has 0 amide bonds. The van der Waals surface area contributed by atoms with E-state index >= 15 is 0 Å². The first kappa shape index (κ1) is 31.2. The molecule has 0 radical (unpaired) electrons. The zero-order valence-corrected chi connectivity index (χ0v) is 25.8. The second-order valence-corrected chi connectivity index (χ2v) is 15.9. The molecule has 0 aromatic heterocycles. The van der Waals surface area contributed by atoms with Gasteiger partial charge in [-0.1, -0.05) is 27.7 Å². The topological polar surface area (TPSA) is 179 Å². The molecule has 0 aromatic carbocycles. The largest absolute Gasteiger partial charge is 0.388 e. The summed E-state index contributed by atoms with van der Waals surface area (Å²) in [6.07, 6.45) is -6.43. The molecule has 3 unspecified atom stereocenters. The highest BCUT2D eigenvalue weighted by atomic mass is 16.7. The fourth-order valence-corrected chi connectivity index (χ4v) is 11.6. The molecule has 246 valence electrons. The highest BCUT2D eigenvalue weighted by Gasteiger charge is 2.75. The van der Waals surface area contributed by atoms with Gasteiger partial charge in [-0.2, -0.15) is 0 Å². The Bertz CT molecular complexity index is 1070. The van der Waals surface area contributed by atoms with E-state index in [0.29, 0.717) is 24.2 Å². The minimum Gasteiger partial charge on any atom is -0.388 e. The maximum absolute atomic E-state index is 12.3. The number of fused-ring (bicyclic) bond motifs is 7. The smallest absolute Gasteiger partial charge is 0.186 e. The highest BCUT2D eigenvalue weighted by Crippen LogP contribution is 2.72. The quantitative estimate of drug-likeness (QED) is 0.228. The van der Waals surface area contributed by atoms with Crippen molar-refractivity contribution in [3.8, 4) is 0 Å². The van der Waals surface area contributed by atoms with Crippen LogP contribution in [-0.4, -0.2) is 115 Å². The summed E-state index contributed by atoms with van der Waals surface area (Å²) in [5.41, 5.74) is -2.98. The molecule has 4 saturated carbocycles. The third-order valence-corrected chi connectivity index (χ3v) is 14.1. The molecule has 3 heterocycles. The van der Waals surface area contributed by atoms with Crippen LogP contribution in [0.25, 0.3) is 0 Å². The molecule has 4 aliphatic carbocycles. The minimum absolute atomic E-state index is 0.00230. The molecule has 3 saturated heterocycles. The lowest BCUT2D eigenvalue weighted by Crippen LogP contribution is -2.78. The van der Waals surface area contributed by atoms with Gasteiger partial charge in [0.15, 0.2) is 12.1 Å². The van der Waals surface area contributed by atoms with E-state index in [9.17, 15) is 35.7 Å². The van der Waals surface area contributed by atoms with Crippen LogP contribution in [0.1, 0.15) is 72.6 Å². The van der Waals surface area contributed by atoms with Crippen molar-refractivity contribution in [1.29, 1.82) is 0 Å². The Labute approximate surface area is 253 Å². The molecular weight excluding hydrogens is 560 g/mol. The Balaban J connectivity index is 1.20. The summed E-state index contributed by atoms with van der Waals surface area (Å²) in [5.74, 6) is 0.888. The number of aliphatic hydroxyl groups is 7. The second kappa shape index (κ2) is 10.3. The summed E-state index contributed by atoms with van der Waals surface area (Å²) in [6, 6.07) is 0. The number of hydrogen-bond donors (Lipinski definition) is 7. The van der Waals surface area contributed by atoms with Crippen LogP contribution in [0.4, 0.5) is 0 Å². The van der Waals surface area contributed by atoms with Gasteiger partial charge in [-0.25, -0.2) is 0 Å². The Morgan fingerprint density at radius 2 is 1.53 bits per heavy atom. The molecule has 11 nitrogen and oxygen atoms in total. The van der Waals surface area contributed by atoms with Crippen LogP contribution >= 0.6 is 0 Å². The maximum atomic E-state index is 12.3. The summed E-state index contributed by atoms with van der Waals surface area (Å²) in [6.45, 7) is 9.18. The van der Waals surface area contributed by atoms with Crippen LogP contribution in [-0.2, 0) is 18.9 Å². The van der Waals surface area contributed by atoms with Crippen molar-refractivity contribution < 1.29 is 54.7 Å². The highest BCUT2D eigenvalue weighted by molar-refractivity contribution is 5.23. The first-order valence-corrected chi connectivity index (χ1v) is 16.6. The van der Waals surface area contributed by atoms with Crippen molar-refractivity contribution in [1.82, 2.24) is 0 Å². The van der Waals surface area contributed by atoms with Crippen LogP contribution in [0.3, 0.4) is 0 Å². The average molecular weight is 613 g/mol. The zero-order valence-electron chi connectivity index (χ0n) is 25.8. The minimum atomic E-state index is -1.77. The summed E-state index contributed by atoms with van der Waals surface area (Å²) in [4.78, 5) is 0. The third kappa shape index (κ3) is 4.06. The van der Waals surface area contributed by atoms with Gasteiger partial charge in [0.05, 0.1) is 25.4 Å². The Morgan fingerprint density at radius 1 is 0.791 bits per heavy atom. The van der Waals surface area contributed by atoms with E-state index in [0.717, 1.165) is 38.7 Å². The van der Waals surface area contributed by atoms with Gasteiger partial charge in [-0.05, 0) is 73.5 Å². The van der Waals surface area contributed by atoms with Gasteiger partial charge >= 0.3 is 0 Å². The van der Waals surface area contributed by atoms with Gasteiger partial charge in [-0.3, -0.25) is 0 Å². The van der Waals surface area contributed by atoms with E-state index in [1.54, 1.807) is 0 Å². The zero-order chi connectivity index (χ0) is 30.9. The third-order valence-electron chi connectivity index (χ3n) is 14.1. The van der Waals surface area contributed by atoms with Crippen molar-refractivity contribution in [2.45, 2.75) is 139 Å². The predicted molar refractivity (Wildman–Crippen MR) is 150 cm³/mol.